The zero-order valence-electron chi connectivity index (χ0n) is 17.2. The molecule has 0 aliphatic carbocycles. The molecule has 0 radical (unpaired) electrons. The third-order valence-electron chi connectivity index (χ3n) is 6.30. The van der Waals surface area contributed by atoms with Crippen LogP contribution in [-0.2, 0) is 7.05 Å². The molecule has 5 nitrogen and oxygen atoms in total. The van der Waals surface area contributed by atoms with E-state index < -0.39 is 0 Å². The summed E-state index contributed by atoms with van der Waals surface area (Å²) in [4.78, 5) is 9.30. The minimum absolute atomic E-state index is 0.406. The van der Waals surface area contributed by atoms with Crippen LogP contribution in [0.15, 0.2) is 36.9 Å². The summed E-state index contributed by atoms with van der Waals surface area (Å²) < 4.78 is 4.47. The average molecular weight is 366 g/mol. The number of pyridine rings is 1. The van der Waals surface area contributed by atoms with Crippen LogP contribution in [0.25, 0.3) is 16.8 Å². The molecule has 0 bridgehead atoms. The summed E-state index contributed by atoms with van der Waals surface area (Å²) in [6.45, 7) is 6.93. The van der Waals surface area contributed by atoms with Crippen LogP contribution in [0.3, 0.4) is 0 Å². The van der Waals surface area contributed by atoms with Crippen molar-refractivity contribution in [2.45, 2.75) is 38.8 Å². The Kier molecular flexibility index (Phi) is 4.82. The van der Waals surface area contributed by atoms with E-state index in [0.29, 0.717) is 12.1 Å². The molecule has 1 fully saturated rings. The van der Waals surface area contributed by atoms with Crippen LogP contribution >= 0.6 is 0 Å². The molecule has 0 spiro atoms. The van der Waals surface area contributed by atoms with Crippen LogP contribution in [0.4, 0.5) is 0 Å². The van der Waals surface area contributed by atoms with Gasteiger partial charge in [0.05, 0.1) is 18.2 Å². The van der Waals surface area contributed by atoms with E-state index in [9.17, 15) is 0 Å². The summed E-state index contributed by atoms with van der Waals surface area (Å²) in [5.41, 5.74) is 6.39. The first-order chi connectivity index (χ1) is 13.0. The van der Waals surface area contributed by atoms with Crippen molar-refractivity contribution in [1.29, 1.82) is 0 Å². The van der Waals surface area contributed by atoms with Gasteiger partial charge in [0.1, 0.15) is 0 Å². The van der Waals surface area contributed by atoms with E-state index in [4.69, 9.17) is 0 Å². The Bertz CT molecular complexity index is 927. The lowest BCUT2D eigenvalue weighted by atomic mass is 10.00. The van der Waals surface area contributed by atoms with Crippen LogP contribution < -0.4 is 0 Å². The predicted molar refractivity (Wildman–Crippen MR) is 111 cm³/mol. The molecule has 1 aliphatic rings. The van der Waals surface area contributed by atoms with Gasteiger partial charge in [-0.25, -0.2) is 4.98 Å². The standard InChI is InChI=1S/C22H31N5/c1-16-6-7-20-12-18(21-13-23-15-25(21)5)14-27(20)22(16)17(2)26-10-8-19(9-11-26)24(3)4/h6-7,12-15,17,19H,8-11H2,1-5H3. The molecule has 0 amide bonds. The van der Waals surface area contributed by atoms with E-state index >= 15 is 0 Å². The second kappa shape index (κ2) is 7.13. The topological polar surface area (TPSA) is 28.7 Å². The fraction of sp³-hybridized carbons (Fsp3) is 0.500. The molecule has 27 heavy (non-hydrogen) atoms. The predicted octanol–water partition coefficient (Wildman–Crippen LogP) is 3.74. The van der Waals surface area contributed by atoms with Crippen LogP contribution in [0.2, 0.25) is 0 Å². The summed E-state index contributed by atoms with van der Waals surface area (Å²) in [5, 5.41) is 0. The molecule has 5 heteroatoms. The fourth-order valence-electron chi connectivity index (χ4n) is 4.57. The van der Waals surface area contributed by atoms with Gasteiger partial charge in [0.2, 0.25) is 0 Å². The molecule has 0 N–H and O–H groups in total. The van der Waals surface area contributed by atoms with Crippen molar-refractivity contribution in [3.63, 3.8) is 0 Å². The first-order valence-electron chi connectivity index (χ1n) is 9.94. The van der Waals surface area contributed by atoms with Gasteiger partial charge in [-0.15, -0.1) is 0 Å². The second-order valence-corrected chi connectivity index (χ2v) is 8.22. The maximum absolute atomic E-state index is 4.28. The molecule has 144 valence electrons. The first kappa shape index (κ1) is 18.3. The zero-order valence-corrected chi connectivity index (χ0v) is 17.2. The Balaban J connectivity index is 1.68. The number of aromatic nitrogens is 3. The molecular formula is C22H31N5. The van der Waals surface area contributed by atoms with E-state index in [-0.39, 0.29) is 0 Å². The van der Waals surface area contributed by atoms with Gasteiger partial charge in [0, 0.05) is 55.2 Å². The highest BCUT2D eigenvalue weighted by Gasteiger charge is 2.26. The molecule has 1 saturated heterocycles. The van der Waals surface area contributed by atoms with Gasteiger partial charge in [-0.2, -0.15) is 0 Å². The molecule has 0 saturated carbocycles. The first-order valence-corrected chi connectivity index (χ1v) is 9.94. The van der Waals surface area contributed by atoms with Gasteiger partial charge in [0.25, 0.3) is 0 Å². The van der Waals surface area contributed by atoms with Crippen molar-refractivity contribution >= 4 is 5.52 Å². The molecule has 4 heterocycles. The molecule has 0 aromatic carbocycles. The van der Waals surface area contributed by atoms with E-state index in [1.807, 2.05) is 19.6 Å². The third-order valence-corrected chi connectivity index (χ3v) is 6.30. The number of likely N-dealkylation sites (tertiary alicyclic amines) is 1. The highest BCUT2D eigenvalue weighted by Crippen LogP contribution is 2.31. The van der Waals surface area contributed by atoms with E-state index in [1.54, 1.807) is 0 Å². The van der Waals surface area contributed by atoms with Crippen LogP contribution in [-0.4, -0.2) is 57.0 Å². The fourth-order valence-corrected chi connectivity index (χ4v) is 4.57. The van der Waals surface area contributed by atoms with Gasteiger partial charge in [0.15, 0.2) is 0 Å². The highest BCUT2D eigenvalue weighted by atomic mass is 15.2. The molecule has 4 rings (SSSR count). The number of hydrogen-bond donors (Lipinski definition) is 0. The molecule has 3 aromatic heterocycles. The number of imidazole rings is 1. The van der Waals surface area contributed by atoms with Crippen molar-refractivity contribution in [2.24, 2.45) is 7.05 Å². The Hall–Kier alpha value is -2.11. The quantitative estimate of drug-likeness (QED) is 0.705. The summed E-state index contributed by atoms with van der Waals surface area (Å²) in [5.74, 6) is 0. The van der Waals surface area contributed by atoms with Gasteiger partial charge >= 0.3 is 0 Å². The normalized spacial score (nSPS) is 17.9. The van der Waals surface area contributed by atoms with Gasteiger partial charge in [-0.1, -0.05) is 6.07 Å². The number of aryl methyl sites for hydroxylation is 2. The minimum atomic E-state index is 0.406. The lowest BCUT2D eigenvalue weighted by molar-refractivity contribution is 0.112. The number of fused-ring (bicyclic) bond motifs is 1. The summed E-state index contributed by atoms with van der Waals surface area (Å²) in [6, 6.07) is 7.88. The number of piperidine rings is 1. The summed E-state index contributed by atoms with van der Waals surface area (Å²) in [6.07, 6.45) is 8.58. The average Bonchev–Trinajstić information content (AvgIpc) is 3.27. The largest absolute Gasteiger partial charge is 0.334 e. The van der Waals surface area contributed by atoms with Crippen molar-refractivity contribution in [3.8, 4) is 11.3 Å². The molecule has 3 aromatic rings. The van der Waals surface area contributed by atoms with Crippen molar-refractivity contribution < 1.29 is 0 Å². The van der Waals surface area contributed by atoms with Gasteiger partial charge < -0.3 is 13.9 Å². The Morgan fingerprint density at radius 2 is 1.93 bits per heavy atom. The third kappa shape index (κ3) is 3.30. The van der Waals surface area contributed by atoms with Gasteiger partial charge in [-0.3, -0.25) is 4.90 Å². The number of hydrogen-bond acceptors (Lipinski definition) is 3. The van der Waals surface area contributed by atoms with Crippen LogP contribution in [0, 0.1) is 6.92 Å². The summed E-state index contributed by atoms with van der Waals surface area (Å²) >= 11 is 0. The Labute approximate surface area is 162 Å². The lowest BCUT2D eigenvalue weighted by Crippen LogP contribution is -2.43. The van der Waals surface area contributed by atoms with Crippen molar-refractivity contribution in [1.82, 2.24) is 23.8 Å². The van der Waals surface area contributed by atoms with Crippen molar-refractivity contribution in [2.75, 3.05) is 27.2 Å². The zero-order chi connectivity index (χ0) is 19.1. The second-order valence-electron chi connectivity index (χ2n) is 8.22. The van der Waals surface area contributed by atoms with Gasteiger partial charge in [-0.05, 0) is 58.5 Å². The van der Waals surface area contributed by atoms with Crippen LogP contribution in [0.5, 0.6) is 0 Å². The van der Waals surface area contributed by atoms with E-state index in [1.165, 1.54) is 35.2 Å². The molecule has 1 atom stereocenters. The smallest absolute Gasteiger partial charge is 0.0948 e. The molecule has 1 unspecified atom stereocenters. The van der Waals surface area contributed by atoms with Crippen molar-refractivity contribution in [3.05, 3.63) is 48.2 Å². The Morgan fingerprint density at radius 1 is 1.19 bits per heavy atom. The molecule has 1 aliphatic heterocycles. The highest BCUT2D eigenvalue weighted by molar-refractivity contribution is 5.68. The summed E-state index contributed by atoms with van der Waals surface area (Å²) in [7, 11) is 6.46. The number of nitrogens with zero attached hydrogens (tertiary/aromatic N) is 5. The van der Waals surface area contributed by atoms with E-state index in [2.05, 4.69) is 76.1 Å². The van der Waals surface area contributed by atoms with E-state index in [0.717, 1.165) is 18.8 Å². The number of rotatable bonds is 4. The molecular weight excluding hydrogens is 334 g/mol. The lowest BCUT2D eigenvalue weighted by Gasteiger charge is -2.39. The maximum atomic E-state index is 4.28. The monoisotopic (exact) mass is 365 g/mol. The maximum Gasteiger partial charge on any atom is 0.0948 e. The Morgan fingerprint density at radius 3 is 2.56 bits per heavy atom. The SMILES string of the molecule is Cc1ccc2cc(-c3cncn3C)cn2c1C(C)N1CCC(N(C)C)CC1. The minimum Gasteiger partial charge on any atom is -0.334 e. The van der Waals surface area contributed by atoms with Crippen LogP contribution in [0.1, 0.15) is 37.1 Å².